The second kappa shape index (κ2) is 7.46. The summed E-state index contributed by atoms with van der Waals surface area (Å²) >= 11 is 1.72. The van der Waals surface area contributed by atoms with Gasteiger partial charge in [-0.3, -0.25) is 4.98 Å². The summed E-state index contributed by atoms with van der Waals surface area (Å²) in [5.41, 5.74) is 5.78. The molecular weight excluding hydrogens is 412 g/mol. The van der Waals surface area contributed by atoms with Gasteiger partial charge in [-0.2, -0.15) is 0 Å². The predicted octanol–water partition coefficient (Wildman–Crippen LogP) is 4.66. The van der Waals surface area contributed by atoms with E-state index in [0.29, 0.717) is 0 Å². The lowest BCUT2D eigenvalue weighted by Crippen LogP contribution is -2.36. The van der Waals surface area contributed by atoms with Crippen LogP contribution in [0.1, 0.15) is 22.2 Å². The minimum absolute atomic E-state index is 0.0559. The maximum absolute atomic E-state index is 4.86. The van der Waals surface area contributed by atoms with Crippen molar-refractivity contribution in [2.24, 2.45) is 0 Å². The fraction of sp³-hybridized carbons (Fsp3) is 0.111. The smallest absolute Gasteiger partial charge is 0.129 e. The molecule has 6 rings (SSSR count). The number of nitrogens with zero attached hydrogens (tertiary/aromatic N) is 3. The molecule has 0 amide bonds. The normalized spacial score (nSPS) is 15.8. The van der Waals surface area contributed by atoms with Crippen LogP contribution in [0.15, 0.2) is 73.1 Å². The Bertz CT molecular complexity index is 1490. The van der Waals surface area contributed by atoms with Gasteiger partial charge in [0.25, 0.3) is 0 Å². The second-order valence-electron chi connectivity index (χ2n) is 8.13. The number of thiophene rings is 1. The molecule has 0 bridgehead atoms. The largest absolute Gasteiger partial charge is 0.356 e. The van der Waals surface area contributed by atoms with Crippen molar-refractivity contribution in [1.29, 1.82) is 0 Å². The summed E-state index contributed by atoms with van der Waals surface area (Å²) in [6.45, 7) is 9.25. The van der Waals surface area contributed by atoms with E-state index in [1.807, 2.05) is 30.6 Å². The Morgan fingerprint density at radius 2 is 1.88 bits per heavy atom. The number of aromatic nitrogens is 3. The number of pyridine rings is 2. The molecule has 0 saturated heterocycles. The van der Waals surface area contributed by atoms with E-state index >= 15 is 0 Å². The summed E-state index contributed by atoms with van der Waals surface area (Å²) in [4.78, 5) is 16.7. The van der Waals surface area contributed by atoms with Crippen LogP contribution in [0.3, 0.4) is 0 Å². The molecule has 5 aromatic rings. The van der Waals surface area contributed by atoms with E-state index in [9.17, 15) is 0 Å². The number of rotatable bonds is 3. The molecule has 4 nitrogen and oxygen atoms in total. The van der Waals surface area contributed by atoms with Crippen molar-refractivity contribution in [3.63, 3.8) is 0 Å². The average molecular weight is 435 g/mol. The first-order valence-electron chi connectivity index (χ1n) is 10.7. The van der Waals surface area contributed by atoms with Gasteiger partial charge < -0.3 is 9.88 Å². The molecule has 1 unspecified atom stereocenters. The maximum atomic E-state index is 4.86. The van der Waals surface area contributed by atoms with Gasteiger partial charge >= 0.3 is 0 Å². The van der Waals surface area contributed by atoms with Crippen LogP contribution in [0, 0.1) is 0 Å². The van der Waals surface area contributed by atoms with Gasteiger partial charge in [0.2, 0.25) is 0 Å². The molecule has 0 aliphatic carbocycles. The number of hydrogen-bond acceptors (Lipinski definition) is 4. The summed E-state index contributed by atoms with van der Waals surface area (Å²) < 4.78 is 1.02. The second-order valence-corrected chi connectivity index (χ2v) is 9.29. The first kappa shape index (κ1) is 19.0. The van der Waals surface area contributed by atoms with E-state index in [4.69, 9.17) is 4.98 Å². The topological polar surface area (TPSA) is 44.8 Å². The molecule has 5 heterocycles. The fourth-order valence-electron chi connectivity index (χ4n) is 4.65. The third-order valence-electron chi connectivity index (χ3n) is 6.22. The van der Waals surface area contributed by atoms with Crippen LogP contribution < -0.4 is 14.7 Å². The van der Waals surface area contributed by atoms with Crippen molar-refractivity contribution in [3.05, 3.63) is 98.9 Å². The lowest BCUT2D eigenvalue weighted by Gasteiger charge is -2.36. The Hall–Kier alpha value is -3.70. The van der Waals surface area contributed by atoms with Gasteiger partial charge in [0, 0.05) is 50.5 Å². The number of nitrogens with one attached hydrogen (secondary N) is 1. The average Bonchev–Trinajstić information content (AvgIpc) is 3.38. The van der Waals surface area contributed by atoms with Crippen molar-refractivity contribution < 1.29 is 0 Å². The Labute approximate surface area is 190 Å². The lowest BCUT2D eigenvalue weighted by atomic mass is 9.96. The molecule has 1 atom stereocenters. The third kappa shape index (κ3) is 3.05. The number of hydrogen-bond donors (Lipinski definition) is 1. The summed E-state index contributed by atoms with van der Waals surface area (Å²) in [5, 5.41) is 2.30. The van der Waals surface area contributed by atoms with Gasteiger partial charge in [0.05, 0.1) is 5.69 Å². The van der Waals surface area contributed by atoms with Crippen LogP contribution in [0.4, 0.5) is 5.82 Å². The Balaban J connectivity index is 1.48. The molecule has 1 aromatic carbocycles. The first-order chi connectivity index (χ1) is 15.7. The molecule has 1 N–H and O–H groups in total. The molecule has 5 heteroatoms. The van der Waals surface area contributed by atoms with Gasteiger partial charge in [-0.1, -0.05) is 37.4 Å². The van der Waals surface area contributed by atoms with Gasteiger partial charge in [-0.15, -0.1) is 11.3 Å². The first-order valence-corrected chi connectivity index (χ1v) is 11.5. The number of H-pyrrole nitrogens is 1. The van der Waals surface area contributed by atoms with Crippen molar-refractivity contribution >= 4 is 41.2 Å². The monoisotopic (exact) mass is 434 g/mol. The van der Waals surface area contributed by atoms with E-state index in [1.54, 1.807) is 11.3 Å². The lowest BCUT2D eigenvalue weighted by molar-refractivity contribution is 0.643. The molecule has 0 spiro atoms. The molecule has 0 fully saturated rings. The van der Waals surface area contributed by atoms with E-state index in [0.717, 1.165) is 39.8 Å². The van der Waals surface area contributed by atoms with E-state index in [1.165, 1.54) is 27.0 Å². The SMILES string of the molecule is C=c1cc(C2c3[nH]c4ccccc4c3CCN2c2ccc(-c3ccccn3)cn2)sc1=C. The van der Waals surface area contributed by atoms with Crippen LogP contribution in [-0.2, 0) is 6.42 Å². The highest BCUT2D eigenvalue weighted by atomic mass is 32.1. The molecule has 0 saturated carbocycles. The zero-order valence-electron chi connectivity index (χ0n) is 17.6. The van der Waals surface area contributed by atoms with E-state index < -0.39 is 0 Å². The zero-order chi connectivity index (χ0) is 21.7. The number of anilines is 1. The van der Waals surface area contributed by atoms with Crippen molar-refractivity contribution in [2.45, 2.75) is 12.5 Å². The number of fused-ring (bicyclic) bond motifs is 3. The predicted molar refractivity (Wildman–Crippen MR) is 133 cm³/mol. The number of aromatic amines is 1. The highest BCUT2D eigenvalue weighted by molar-refractivity contribution is 7.09. The number of para-hydroxylation sites is 1. The minimum atomic E-state index is 0.0559. The van der Waals surface area contributed by atoms with Crippen LogP contribution in [0.2, 0.25) is 0 Å². The highest BCUT2D eigenvalue weighted by Crippen LogP contribution is 2.40. The Kier molecular flexibility index (Phi) is 4.44. The molecule has 4 aromatic heterocycles. The van der Waals surface area contributed by atoms with Crippen LogP contribution in [0.5, 0.6) is 0 Å². The molecule has 156 valence electrons. The molecule has 1 aliphatic rings. The summed E-state index contributed by atoms with van der Waals surface area (Å²) in [6.07, 6.45) is 4.70. The molecular formula is C27H22N4S. The Morgan fingerprint density at radius 1 is 1.00 bits per heavy atom. The molecule has 0 radical (unpaired) electrons. The van der Waals surface area contributed by atoms with Crippen molar-refractivity contribution in [2.75, 3.05) is 11.4 Å². The maximum Gasteiger partial charge on any atom is 0.129 e. The minimum Gasteiger partial charge on any atom is -0.356 e. The summed E-state index contributed by atoms with van der Waals surface area (Å²) in [6, 6.07) is 20.9. The third-order valence-corrected chi connectivity index (χ3v) is 7.31. The zero-order valence-corrected chi connectivity index (χ0v) is 18.4. The van der Waals surface area contributed by atoms with Crippen molar-refractivity contribution in [3.8, 4) is 11.3 Å². The van der Waals surface area contributed by atoms with Gasteiger partial charge in [0.15, 0.2) is 0 Å². The fourth-order valence-corrected chi connectivity index (χ4v) is 5.68. The molecule has 32 heavy (non-hydrogen) atoms. The summed E-state index contributed by atoms with van der Waals surface area (Å²) in [5.74, 6) is 0.962. The van der Waals surface area contributed by atoms with Gasteiger partial charge in [0.1, 0.15) is 11.9 Å². The van der Waals surface area contributed by atoms with E-state index in [-0.39, 0.29) is 6.04 Å². The standard InChI is InChI=1S/C27H22N4S/c1-17-15-24(32-18(17)2)27-26-21(20-7-3-4-9-23(20)30-26)12-14-31(27)25-11-10-19(16-29-25)22-8-5-6-13-28-22/h3-11,13,15-16,27,30H,1-2,12,14H2. The van der Waals surface area contributed by atoms with Gasteiger partial charge in [-0.25, -0.2) is 4.98 Å². The van der Waals surface area contributed by atoms with Crippen LogP contribution in [0.25, 0.3) is 35.3 Å². The van der Waals surface area contributed by atoms with E-state index in [2.05, 4.69) is 70.5 Å². The van der Waals surface area contributed by atoms with Gasteiger partial charge in [-0.05, 0) is 53.6 Å². The highest BCUT2D eigenvalue weighted by Gasteiger charge is 2.33. The van der Waals surface area contributed by atoms with Crippen LogP contribution >= 0.6 is 11.3 Å². The Morgan fingerprint density at radius 3 is 2.62 bits per heavy atom. The molecule has 1 aliphatic heterocycles. The summed E-state index contributed by atoms with van der Waals surface area (Å²) in [7, 11) is 0. The quantitative estimate of drug-likeness (QED) is 0.449. The number of benzene rings is 1. The van der Waals surface area contributed by atoms with Crippen molar-refractivity contribution in [1.82, 2.24) is 15.0 Å². The van der Waals surface area contributed by atoms with Crippen LogP contribution in [-0.4, -0.2) is 21.5 Å².